The Bertz CT molecular complexity index is 1110. The van der Waals surface area contributed by atoms with E-state index in [4.69, 9.17) is 4.74 Å². The van der Waals surface area contributed by atoms with E-state index < -0.39 is 21.7 Å². The van der Waals surface area contributed by atoms with Gasteiger partial charge in [-0.3, -0.25) is 0 Å². The van der Waals surface area contributed by atoms with Crippen LogP contribution in [0, 0.1) is 0 Å². The minimum absolute atomic E-state index is 0.00349. The zero-order valence-corrected chi connectivity index (χ0v) is 20.7. The first-order valence-corrected chi connectivity index (χ1v) is 13.0. The van der Waals surface area contributed by atoms with Gasteiger partial charge >= 0.3 is 6.09 Å². The van der Waals surface area contributed by atoms with Crippen LogP contribution in [0.3, 0.4) is 0 Å². The molecule has 6 nitrogen and oxygen atoms in total. The number of benzene rings is 2. The van der Waals surface area contributed by atoms with Crippen LogP contribution in [0.4, 0.5) is 4.79 Å². The Morgan fingerprint density at radius 3 is 2.61 bits per heavy atom. The van der Waals surface area contributed by atoms with E-state index in [9.17, 15) is 13.2 Å². The van der Waals surface area contributed by atoms with Gasteiger partial charge in [0.05, 0.1) is 11.8 Å². The number of rotatable bonds is 7. The predicted octanol–water partition coefficient (Wildman–Crippen LogP) is 4.86. The van der Waals surface area contributed by atoms with Crippen LogP contribution in [0.5, 0.6) is 0 Å². The van der Waals surface area contributed by atoms with E-state index >= 15 is 0 Å². The van der Waals surface area contributed by atoms with Crippen molar-refractivity contribution in [3.8, 4) is 11.1 Å². The molecule has 0 saturated carbocycles. The fourth-order valence-corrected chi connectivity index (χ4v) is 5.05. The third-order valence-electron chi connectivity index (χ3n) is 5.75. The summed E-state index contributed by atoms with van der Waals surface area (Å²) in [6.07, 6.45) is 2.47. The van der Waals surface area contributed by atoms with Crippen LogP contribution in [-0.4, -0.2) is 49.4 Å². The topological polar surface area (TPSA) is 75.7 Å². The molecule has 0 radical (unpaired) electrons. The normalized spacial score (nSPS) is 18.8. The van der Waals surface area contributed by atoms with Gasteiger partial charge < -0.3 is 9.64 Å². The first-order valence-electron chi connectivity index (χ1n) is 11.3. The van der Waals surface area contributed by atoms with Crippen molar-refractivity contribution in [3.63, 3.8) is 0 Å². The van der Waals surface area contributed by atoms with Gasteiger partial charge in [0.15, 0.2) is 0 Å². The van der Waals surface area contributed by atoms with Crippen LogP contribution in [0.1, 0.15) is 45.2 Å². The summed E-state index contributed by atoms with van der Waals surface area (Å²) in [5, 5.41) is 0. The Kier molecular flexibility index (Phi) is 7.65. The first-order chi connectivity index (χ1) is 15.5. The number of hydrogen-bond donors (Lipinski definition) is 1. The van der Waals surface area contributed by atoms with E-state index in [-0.39, 0.29) is 17.8 Å². The Balaban J connectivity index is 1.91. The molecular weight excluding hydrogens is 436 g/mol. The monoisotopic (exact) mass is 470 g/mol. The molecule has 1 N–H and O–H groups in total. The van der Waals surface area contributed by atoms with Crippen molar-refractivity contribution >= 4 is 22.2 Å². The SMILES string of the molecule is C=Cc1ccccc1-c1cccc(CC2C(NS(=O)(=O)CC)CCN2C(=O)OC(C)(C)C)c1. The maximum atomic E-state index is 12.9. The van der Waals surface area contributed by atoms with E-state index in [0.29, 0.717) is 19.4 Å². The average molecular weight is 471 g/mol. The number of hydrogen-bond acceptors (Lipinski definition) is 4. The Labute approximate surface area is 197 Å². The first kappa shape index (κ1) is 25.0. The third-order valence-corrected chi connectivity index (χ3v) is 7.17. The number of amides is 1. The highest BCUT2D eigenvalue weighted by Gasteiger charge is 2.40. The molecule has 2 unspecified atom stereocenters. The second-order valence-electron chi connectivity index (χ2n) is 9.35. The van der Waals surface area contributed by atoms with Gasteiger partial charge in [-0.2, -0.15) is 0 Å². The number of nitrogens with one attached hydrogen (secondary N) is 1. The molecule has 0 bridgehead atoms. The van der Waals surface area contributed by atoms with Gasteiger partial charge in [-0.1, -0.05) is 61.2 Å². The van der Waals surface area contributed by atoms with Crippen molar-refractivity contribution in [2.45, 2.75) is 58.2 Å². The summed E-state index contributed by atoms with van der Waals surface area (Å²) in [5.41, 5.74) is 3.56. The van der Waals surface area contributed by atoms with Crippen molar-refractivity contribution in [1.82, 2.24) is 9.62 Å². The lowest BCUT2D eigenvalue weighted by Crippen LogP contribution is -2.49. The van der Waals surface area contributed by atoms with Gasteiger partial charge in [0.2, 0.25) is 10.0 Å². The molecule has 1 fully saturated rings. The smallest absolute Gasteiger partial charge is 0.410 e. The standard InChI is InChI=1S/C26H34N2O4S/c1-6-20-12-8-9-14-22(20)21-13-10-11-19(17-21)18-24-23(27-33(30,31)7-2)15-16-28(24)25(29)32-26(3,4)5/h6,8-14,17,23-24,27H,1,7,15-16,18H2,2-5H3. The van der Waals surface area contributed by atoms with E-state index in [0.717, 1.165) is 22.3 Å². The summed E-state index contributed by atoms with van der Waals surface area (Å²) < 4.78 is 33.0. The number of carbonyl (C=O) groups is 1. The zero-order chi connectivity index (χ0) is 24.2. The van der Waals surface area contributed by atoms with Crippen molar-refractivity contribution < 1.29 is 17.9 Å². The maximum absolute atomic E-state index is 12.9. The summed E-state index contributed by atoms with van der Waals surface area (Å²) in [6.45, 7) is 11.4. The number of nitrogens with zero attached hydrogens (tertiary/aromatic N) is 1. The van der Waals surface area contributed by atoms with Gasteiger partial charge in [0.1, 0.15) is 5.60 Å². The molecule has 178 valence electrons. The van der Waals surface area contributed by atoms with Crippen LogP contribution in [-0.2, 0) is 21.2 Å². The van der Waals surface area contributed by atoms with Gasteiger partial charge in [-0.15, -0.1) is 0 Å². The Morgan fingerprint density at radius 2 is 1.94 bits per heavy atom. The van der Waals surface area contributed by atoms with E-state index in [1.165, 1.54) is 0 Å². The largest absolute Gasteiger partial charge is 0.444 e. The fraction of sp³-hybridized carbons (Fsp3) is 0.423. The summed E-state index contributed by atoms with van der Waals surface area (Å²) in [4.78, 5) is 14.6. The minimum Gasteiger partial charge on any atom is -0.444 e. The molecule has 3 rings (SSSR count). The summed E-state index contributed by atoms with van der Waals surface area (Å²) in [5.74, 6) is -0.00349. The van der Waals surface area contributed by atoms with Crippen molar-refractivity contribution in [3.05, 3.63) is 66.2 Å². The van der Waals surface area contributed by atoms with Crippen molar-refractivity contribution in [2.24, 2.45) is 0 Å². The highest BCUT2D eigenvalue weighted by Crippen LogP contribution is 2.29. The number of sulfonamides is 1. The molecular formula is C26H34N2O4S. The molecule has 2 aromatic carbocycles. The molecule has 2 atom stereocenters. The molecule has 0 aromatic heterocycles. The lowest BCUT2D eigenvalue weighted by Gasteiger charge is -2.31. The van der Waals surface area contributed by atoms with Crippen LogP contribution in [0.25, 0.3) is 17.2 Å². The lowest BCUT2D eigenvalue weighted by atomic mass is 9.95. The van der Waals surface area contributed by atoms with Crippen molar-refractivity contribution in [1.29, 1.82) is 0 Å². The second kappa shape index (κ2) is 10.1. The van der Waals surface area contributed by atoms with Gasteiger partial charge in [-0.25, -0.2) is 17.9 Å². The highest BCUT2D eigenvalue weighted by molar-refractivity contribution is 7.89. The second-order valence-corrected chi connectivity index (χ2v) is 11.4. The van der Waals surface area contributed by atoms with Crippen LogP contribution in [0.2, 0.25) is 0 Å². The Hall–Kier alpha value is -2.64. The van der Waals surface area contributed by atoms with E-state index in [2.05, 4.69) is 23.4 Å². The molecule has 2 aromatic rings. The molecule has 0 aliphatic carbocycles. The number of ether oxygens (including phenoxy) is 1. The summed E-state index contributed by atoms with van der Waals surface area (Å²) in [7, 11) is -3.41. The quantitative estimate of drug-likeness (QED) is 0.627. The Morgan fingerprint density at radius 1 is 1.21 bits per heavy atom. The molecule has 1 saturated heterocycles. The van der Waals surface area contributed by atoms with Crippen LogP contribution in [0.15, 0.2) is 55.1 Å². The number of likely N-dealkylation sites (tertiary alicyclic amines) is 1. The van der Waals surface area contributed by atoms with Crippen LogP contribution < -0.4 is 4.72 Å². The summed E-state index contributed by atoms with van der Waals surface area (Å²) in [6, 6.07) is 15.5. The predicted molar refractivity (Wildman–Crippen MR) is 133 cm³/mol. The molecule has 1 amide bonds. The highest BCUT2D eigenvalue weighted by atomic mass is 32.2. The lowest BCUT2D eigenvalue weighted by molar-refractivity contribution is 0.0218. The molecule has 33 heavy (non-hydrogen) atoms. The molecule has 7 heteroatoms. The maximum Gasteiger partial charge on any atom is 0.410 e. The molecule has 1 heterocycles. The third kappa shape index (κ3) is 6.45. The molecule has 1 aliphatic heterocycles. The van der Waals surface area contributed by atoms with Gasteiger partial charge in [0.25, 0.3) is 0 Å². The van der Waals surface area contributed by atoms with E-state index in [1.807, 2.05) is 63.2 Å². The molecule has 1 aliphatic rings. The molecule has 0 spiro atoms. The van der Waals surface area contributed by atoms with E-state index in [1.54, 1.807) is 11.8 Å². The minimum atomic E-state index is -3.41. The van der Waals surface area contributed by atoms with Gasteiger partial charge in [0, 0.05) is 12.6 Å². The van der Waals surface area contributed by atoms with Crippen LogP contribution >= 0.6 is 0 Å². The number of carbonyl (C=O) groups excluding carboxylic acids is 1. The summed E-state index contributed by atoms with van der Waals surface area (Å²) >= 11 is 0. The van der Waals surface area contributed by atoms with Crippen molar-refractivity contribution in [2.75, 3.05) is 12.3 Å². The van der Waals surface area contributed by atoms with Gasteiger partial charge in [-0.05, 0) is 62.8 Å². The fourth-order valence-electron chi connectivity index (χ4n) is 4.15. The average Bonchev–Trinajstić information content (AvgIpc) is 3.14. The zero-order valence-electron chi connectivity index (χ0n) is 19.9.